The summed E-state index contributed by atoms with van der Waals surface area (Å²) in [6.45, 7) is 0. The van der Waals surface area contributed by atoms with Crippen LogP contribution in [0.15, 0.2) is 30.6 Å². The van der Waals surface area contributed by atoms with Gasteiger partial charge in [-0.2, -0.15) is 0 Å². The quantitative estimate of drug-likeness (QED) is 0.816. The molecule has 0 bridgehead atoms. The molecule has 1 N–H and O–H groups in total. The van der Waals surface area contributed by atoms with Gasteiger partial charge in [-0.25, -0.2) is 13.1 Å². The van der Waals surface area contributed by atoms with E-state index in [9.17, 15) is 8.42 Å². The second-order valence-electron chi connectivity index (χ2n) is 3.18. The molecule has 0 aliphatic heterocycles. The van der Waals surface area contributed by atoms with Crippen LogP contribution in [-0.2, 0) is 10.0 Å². The SMILES string of the molecule is CS(=O)(=O)Nc1cccc(-n2cnnn2)c1. The lowest BCUT2D eigenvalue weighted by molar-refractivity contribution is 0.607. The highest BCUT2D eigenvalue weighted by atomic mass is 32.2. The number of benzene rings is 1. The van der Waals surface area contributed by atoms with Crippen LogP contribution in [0.2, 0.25) is 0 Å². The summed E-state index contributed by atoms with van der Waals surface area (Å²) in [7, 11) is -3.27. The first-order chi connectivity index (χ1) is 7.54. The average molecular weight is 239 g/mol. The van der Waals surface area contributed by atoms with Crippen molar-refractivity contribution in [1.29, 1.82) is 0 Å². The summed E-state index contributed by atoms with van der Waals surface area (Å²) in [5.41, 5.74) is 1.15. The van der Waals surface area contributed by atoms with Gasteiger partial charge in [0.25, 0.3) is 0 Å². The van der Waals surface area contributed by atoms with E-state index in [0.717, 1.165) is 6.26 Å². The minimum atomic E-state index is -3.27. The Hall–Kier alpha value is -1.96. The molecule has 1 heterocycles. The Bertz CT molecular complexity index is 578. The van der Waals surface area contributed by atoms with Gasteiger partial charge in [0.05, 0.1) is 17.6 Å². The third-order valence-corrected chi connectivity index (χ3v) is 2.37. The third-order valence-electron chi connectivity index (χ3n) is 1.76. The lowest BCUT2D eigenvalue weighted by Crippen LogP contribution is -2.09. The smallest absolute Gasteiger partial charge is 0.229 e. The molecule has 0 aliphatic carbocycles. The standard InChI is InChI=1S/C8H9N5O2S/c1-16(14,15)10-7-3-2-4-8(5-7)13-6-9-11-12-13/h2-6,10H,1H3. The van der Waals surface area contributed by atoms with Crippen molar-refractivity contribution >= 4 is 15.7 Å². The Morgan fingerprint density at radius 3 is 2.81 bits per heavy atom. The molecular formula is C8H9N5O2S. The van der Waals surface area contributed by atoms with Crippen molar-refractivity contribution in [3.8, 4) is 5.69 Å². The molecule has 16 heavy (non-hydrogen) atoms. The van der Waals surface area contributed by atoms with Crippen LogP contribution in [0, 0.1) is 0 Å². The topological polar surface area (TPSA) is 89.8 Å². The molecule has 1 aromatic carbocycles. The molecule has 0 saturated heterocycles. The Labute approximate surface area is 92.1 Å². The maximum absolute atomic E-state index is 11.0. The maximum atomic E-state index is 11.0. The molecule has 1 aromatic heterocycles. The van der Waals surface area contributed by atoms with Crippen molar-refractivity contribution in [2.45, 2.75) is 0 Å². The summed E-state index contributed by atoms with van der Waals surface area (Å²) in [6.07, 6.45) is 2.52. The molecule has 2 aromatic rings. The molecular weight excluding hydrogens is 230 g/mol. The van der Waals surface area contributed by atoms with E-state index in [2.05, 4.69) is 20.2 Å². The molecule has 0 aliphatic rings. The molecule has 0 saturated carbocycles. The van der Waals surface area contributed by atoms with Gasteiger partial charge < -0.3 is 0 Å². The zero-order valence-electron chi connectivity index (χ0n) is 8.40. The number of aromatic nitrogens is 4. The van der Waals surface area contributed by atoms with Gasteiger partial charge in [-0.1, -0.05) is 6.07 Å². The minimum Gasteiger partial charge on any atom is -0.284 e. The van der Waals surface area contributed by atoms with E-state index in [0.29, 0.717) is 11.4 Å². The Balaban J connectivity index is 2.34. The fourth-order valence-corrected chi connectivity index (χ4v) is 1.76. The highest BCUT2D eigenvalue weighted by Crippen LogP contribution is 2.13. The molecule has 0 radical (unpaired) electrons. The summed E-state index contributed by atoms with van der Waals surface area (Å²) in [5, 5.41) is 10.7. The molecule has 2 rings (SSSR count). The van der Waals surface area contributed by atoms with Crippen LogP contribution >= 0.6 is 0 Å². The summed E-state index contributed by atoms with van der Waals surface area (Å²) >= 11 is 0. The van der Waals surface area contributed by atoms with Crippen molar-refractivity contribution in [2.75, 3.05) is 11.0 Å². The van der Waals surface area contributed by atoms with E-state index < -0.39 is 10.0 Å². The van der Waals surface area contributed by atoms with Crippen molar-refractivity contribution in [3.05, 3.63) is 30.6 Å². The Kier molecular flexibility index (Phi) is 2.57. The van der Waals surface area contributed by atoms with Crippen molar-refractivity contribution < 1.29 is 8.42 Å². The number of rotatable bonds is 3. The van der Waals surface area contributed by atoms with Crippen molar-refractivity contribution in [3.63, 3.8) is 0 Å². The zero-order valence-corrected chi connectivity index (χ0v) is 9.22. The predicted molar refractivity (Wildman–Crippen MR) is 57.6 cm³/mol. The van der Waals surface area contributed by atoms with E-state index in [1.165, 1.54) is 11.0 Å². The van der Waals surface area contributed by atoms with Crippen LogP contribution in [0.3, 0.4) is 0 Å². The molecule has 0 unspecified atom stereocenters. The van der Waals surface area contributed by atoms with Crippen LogP contribution in [0.1, 0.15) is 0 Å². The average Bonchev–Trinajstić information content (AvgIpc) is 2.68. The summed E-state index contributed by atoms with van der Waals surface area (Å²) in [5.74, 6) is 0. The van der Waals surface area contributed by atoms with Crippen LogP contribution in [0.4, 0.5) is 5.69 Å². The predicted octanol–water partition coefficient (Wildman–Crippen LogP) is 0.0338. The van der Waals surface area contributed by atoms with Gasteiger partial charge in [-0.3, -0.25) is 4.72 Å². The zero-order chi connectivity index (χ0) is 11.6. The van der Waals surface area contributed by atoms with E-state index in [4.69, 9.17) is 0 Å². The molecule has 84 valence electrons. The molecule has 0 fully saturated rings. The van der Waals surface area contributed by atoms with Gasteiger partial charge in [0.15, 0.2) is 0 Å². The van der Waals surface area contributed by atoms with Gasteiger partial charge in [-0.15, -0.1) is 5.10 Å². The molecule has 7 nitrogen and oxygen atoms in total. The van der Waals surface area contributed by atoms with E-state index in [1.807, 2.05) is 0 Å². The Morgan fingerprint density at radius 1 is 1.38 bits per heavy atom. The molecule has 0 spiro atoms. The highest BCUT2D eigenvalue weighted by Gasteiger charge is 2.03. The maximum Gasteiger partial charge on any atom is 0.229 e. The first-order valence-corrected chi connectivity index (χ1v) is 6.25. The second-order valence-corrected chi connectivity index (χ2v) is 4.93. The summed E-state index contributed by atoms with van der Waals surface area (Å²) in [6, 6.07) is 6.76. The normalized spacial score (nSPS) is 11.3. The third kappa shape index (κ3) is 2.54. The largest absolute Gasteiger partial charge is 0.284 e. The first kappa shape index (κ1) is 10.6. The minimum absolute atomic E-state index is 0.468. The number of hydrogen-bond donors (Lipinski definition) is 1. The number of sulfonamides is 1. The fourth-order valence-electron chi connectivity index (χ4n) is 1.21. The van der Waals surface area contributed by atoms with Gasteiger partial charge >= 0.3 is 0 Å². The molecule has 8 heteroatoms. The van der Waals surface area contributed by atoms with E-state index >= 15 is 0 Å². The van der Waals surface area contributed by atoms with E-state index in [1.54, 1.807) is 24.3 Å². The number of anilines is 1. The summed E-state index contributed by atoms with van der Waals surface area (Å²) in [4.78, 5) is 0. The second kappa shape index (κ2) is 3.89. The Morgan fingerprint density at radius 2 is 2.19 bits per heavy atom. The van der Waals surface area contributed by atoms with Crippen molar-refractivity contribution in [1.82, 2.24) is 20.2 Å². The van der Waals surface area contributed by atoms with Crippen LogP contribution in [-0.4, -0.2) is 34.9 Å². The monoisotopic (exact) mass is 239 g/mol. The van der Waals surface area contributed by atoms with Gasteiger partial charge in [0.2, 0.25) is 10.0 Å². The number of tetrazole rings is 1. The van der Waals surface area contributed by atoms with Gasteiger partial charge in [-0.05, 0) is 28.6 Å². The van der Waals surface area contributed by atoms with Crippen LogP contribution < -0.4 is 4.72 Å². The number of hydrogen-bond acceptors (Lipinski definition) is 5. The lowest BCUT2D eigenvalue weighted by atomic mass is 10.3. The van der Waals surface area contributed by atoms with Crippen molar-refractivity contribution in [2.24, 2.45) is 0 Å². The highest BCUT2D eigenvalue weighted by molar-refractivity contribution is 7.92. The van der Waals surface area contributed by atoms with Gasteiger partial charge in [0.1, 0.15) is 6.33 Å². The lowest BCUT2D eigenvalue weighted by Gasteiger charge is -2.05. The van der Waals surface area contributed by atoms with Gasteiger partial charge in [0, 0.05) is 0 Å². The molecule has 0 amide bonds. The number of nitrogens with zero attached hydrogens (tertiary/aromatic N) is 4. The molecule has 0 atom stereocenters. The van der Waals surface area contributed by atoms with Crippen LogP contribution in [0.5, 0.6) is 0 Å². The fraction of sp³-hybridized carbons (Fsp3) is 0.125. The first-order valence-electron chi connectivity index (χ1n) is 4.36. The summed E-state index contributed by atoms with van der Waals surface area (Å²) < 4.78 is 25.9. The van der Waals surface area contributed by atoms with E-state index in [-0.39, 0.29) is 0 Å². The number of nitrogens with one attached hydrogen (secondary N) is 1. The van der Waals surface area contributed by atoms with Crippen LogP contribution in [0.25, 0.3) is 5.69 Å².